The van der Waals surface area contributed by atoms with Crippen molar-refractivity contribution in [3.05, 3.63) is 34.6 Å². The quantitative estimate of drug-likeness (QED) is 0.912. The monoisotopic (exact) mass is 298 g/mol. The van der Waals surface area contributed by atoms with E-state index in [1.807, 2.05) is 6.07 Å². The Balaban J connectivity index is 2.21. The molecule has 4 heteroatoms. The van der Waals surface area contributed by atoms with Crippen LogP contribution in [0.4, 0.5) is 4.39 Å². The van der Waals surface area contributed by atoms with Crippen LogP contribution in [-0.4, -0.2) is 29.1 Å². The Morgan fingerprint density at radius 3 is 2.65 bits per heavy atom. The van der Waals surface area contributed by atoms with E-state index >= 15 is 0 Å². The summed E-state index contributed by atoms with van der Waals surface area (Å²) in [4.78, 5) is 2.45. The number of nitrogens with zero attached hydrogens (tertiary/aromatic N) is 1. The molecule has 0 amide bonds. The summed E-state index contributed by atoms with van der Waals surface area (Å²) in [6.45, 7) is 11.5. The molecule has 0 aromatic heterocycles. The maximum absolute atomic E-state index is 13.6. The number of halogens is 2. The Hall–Kier alpha value is -0.640. The highest BCUT2D eigenvalue weighted by Gasteiger charge is 2.39. The van der Waals surface area contributed by atoms with Crippen LogP contribution >= 0.6 is 11.6 Å². The summed E-state index contributed by atoms with van der Waals surface area (Å²) in [5.74, 6) is -0.336. The molecule has 1 aromatic rings. The molecule has 1 heterocycles. The second kappa shape index (κ2) is 5.63. The molecule has 0 saturated carbocycles. The van der Waals surface area contributed by atoms with Crippen LogP contribution in [-0.2, 0) is 6.54 Å². The maximum atomic E-state index is 13.6. The molecule has 1 saturated heterocycles. The maximum Gasteiger partial charge on any atom is 0.142 e. The molecule has 0 bridgehead atoms. The standard InChI is InChI=1S/C16H24ClFN2/c1-5-16(4)10-19-15(2,3)11-20(16)9-12-6-7-13(17)14(18)8-12/h6-8,19H,5,9-11H2,1-4H3. The Labute approximate surface area is 126 Å². The number of nitrogens with one attached hydrogen (secondary N) is 1. The summed E-state index contributed by atoms with van der Waals surface area (Å²) in [7, 11) is 0. The third-order valence-electron chi connectivity index (χ3n) is 4.42. The second-order valence-electron chi connectivity index (χ2n) is 6.69. The van der Waals surface area contributed by atoms with E-state index in [-0.39, 0.29) is 21.9 Å². The van der Waals surface area contributed by atoms with Gasteiger partial charge in [0.05, 0.1) is 5.02 Å². The van der Waals surface area contributed by atoms with Crippen LogP contribution in [0.15, 0.2) is 18.2 Å². The van der Waals surface area contributed by atoms with E-state index in [1.165, 1.54) is 0 Å². The topological polar surface area (TPSA) is 15.3 Å². The van der Waals surface area contributed by atoms with Crippen molar-refractivity contribution >= 4 is 11.6 Å². The summed E-state index contributed by atoms with van der Waals surface area (Å²) in [6.07, 6.45) is 1.06. The molecule has 1 unspecified atom stereocenters. The first-order chi connectivity index (χ1) is 9.26. The third-order valence-corrected chi connectivity index (χ3v) is 4.72. The average molecular weight is 299 g/mol. The van der Waals surface area contributed by atoms with Crippen molar-refractivity contribution in [2.45, 2.75) is 51.7 Å². The molecule has 1 N–H and O–H groups in total. The Morgan fingerprint density at radius 1 is 1.35 bits per heavy atom. The normalized spacial score (nSPS) is 26.7. The molecule has 2 rings (SSSR count). The van der Waals surface area contributed by atoms with Gasteiger partial charge in [-0.25, -0.2) is 4.39 Å². The van der Waals surface area contributed by atoms with Crippen molar-refractivity contribution in [1.82, 2.24) is 10.2 Å². The van der Waals surface area contributed by atoms with Gasteiger partial charge >= 0.3 is 0 Å². The minimum atomic E-state index is -0.336. The summed E-state index contributed by atoms with van der Waals surface area (Å²) >= 11 is 5.75. The highest BCUT2D eigenvalue weighted by Crippen LogP contribution is 2.29. The number of piperazine rings is 1. The molecule has 1 aliphatic rings. The first-order valence-corrected chi connectivity index (χ1v) is 7.57. The minimum absolute atomic E-state index is 0.0830. The van der Waals surface area contributed by atoms with Crippen molar-refractivity contribution in [2.24, 2.45) is 0 Å². The molecular formula is C16H24ClFN2. The lowest BCUT2D eigenvalue weighted by atomic mass is 9.87. The molecule has 2 nitrogen and oxygen atoms in total. The average Bonchev–Trinajstić information content (AvgIpc) is 2.38. The van der Waals surface area contributed by atoms with Gasteiger partial charge in [-0.3, -0.25) is 4.90 Å². The zero-order chi connectivity index (χ0) is 15.0. The molecule has 0 aliphatic carbocycles. The lowest BCUT2D eigenvalue weighted by Gasteiger charge is -2.51. The first-order valence-electron chi connectivity index (χ1n) is 7.20. The van der Waals surface area contributed by atoms with Crippen molar-refractivity contribution in [3.63, 3.8) is 0 Å². The van der Waals surface area contributed by atoms with E-state index in [0.717, 1.165) is 31.6 Å². The molecule has 20 heavy (non-hydrogen) atoms. The van der Waals surface area contributed by atoms with Crippen LogP contribution in [0.2, 0.25) is 5.02 Å². The van der Waals surface area contributed by atoms with Gasteiger partial charge in [0, 0.05) is 30.7 Å². The fourth-order valence-electron chi connectivity index (χ4n) is 2.72. The van der Waals surface area contributed by atoms with Gasteiger partial charge < -0.3 is 5.32 Å². The van der Waals surface area contributed by atoms with Crippen LogP contribution in [0.3, 0.4) is 0 Å². The highest BCUT2D eigenvalue weighted by atomic mass is 35.5. The lowest BCUT2D eigenvalue weighted by Crippen LogP contribution is -2.66. The molecule has 1 fully saturated rings. The third kappa shape index (κ3) is 3.33. The SMILES string of the molecule is CCC1(C)CNC(C)(C)CN1Cc1ccc(Cl)c(F)c1. The fraction of sp³-hybridized carbons (Fsp3) is 0.625. The largest absolute Gasteiger partial charge is 0.309 e. The second-order valence-corrected chi connectivity index (χ2v) is 7.10. The Kier molecular flexibility index (Phi) is 4.43. The first kappa shape index (κ1) is 15.7. The van der Waals surface area contributed by atoms with E-state index < -0.39 is 0 Å². The highest BCUT2D eigenvalue weighted by molar-refractivity contribution is 6.30. The predicted octanol–water partition coefficient (Wildman–Crippen LogP) is 3.83. The summed E-state index contributed by atoms with van der Waals surface area (Å²) < 4.78 is 13.6. The van der Waals surface area contributed by atoms with Gasteiger partial charge in [-0.15, -0.1) is 0 Å². The van der Waals surface area contributed by atoms with Gasteiger partial charge in [0.2, 0.25) is 0 Å². The Bertz CT molecular complexity index is 489. The number of benzene rings is 1. The molecule has 112 valence electrons. The zero-order valence-electron chi connectivity index (χ0n) is 12.8. The van der Waals surface area contributed by atoms with E-state index in [2.05, 4.69) is 37.9 Å². The zero-order valence-corrected chi connectivity index (χ0v) is 13.5. The fourth-order valence-corrected chi connectivity index (χ4v) is 2.84. The van der Waals surface area contributed by atoms with Gasteiger partial charge in [-0.2, -0.15) is 0 Å². The van der Waals surface area contributed by atoms with Gasteiger partial charge in [0.25, 0.3) is 0 Å². The van der Waals surface area contributed by atoms with E-state index in [4.69, 9.17) is 11.6 Å². The van der Waals surface area contributed by atoms with Crippen LogP contribution in [0.1, 0.15) is 39.7 Å². The summed E-state index contributed by atoms with van der Waals surface area (Å²) in [6, 6.07) is 5.10. The molecule has 1 aliphatic heterocycles. The number of hydrogen-bond acceptors (Lipinski definition) is 2. The van der Waals surface area contributed by atoms with Crippen molar-refractivity contribution in [2.75, 3.05) is 13.1 Å². The summed E-state index contributed by atoms with van der Waals surface area (Å²) in [5.41, 5.74) is 1.16. The smallest absolute Gasteiger partial charge is 0.142 e. The minimum Gasteiger partial charge on any atom is -0.309 e. The van der Waals surface area contributed by atoms with Gasteiger partial charge in [-0.1, -0.05) is 24.6 Å². The van der Waals surface area contributed by atoms with Crippen molar-refractivity contribution in [1.29, 1.82) is 0 Å². The van der Waals surface area contributed by atoms with Gasteiger partial charge in [0.1, 0.15) is 5.82 Å². The Morgan fingerprint density at radius 2 is 2.05 bits per heavy atom. The van der Waals surface area contributed by atoms with Gasteiger partial charge in [-0.05, 0) is 44.9 Å². The van der Waals surface area contributed by atoms with Crippen LogP contribution in [0.25, 0.3) is 0 Å². The van der Waals surface area contributed by atoms with Crippen molar-refractivity contribution in [3.8, 4) is 0 Å². The van der Waals surface area contributed by atoms with Crippen LogP contribution < -0.4 is 5.32 Å². The van der Waals surface area contributed by atoms with E-state index in [1.54, 1.807) is 12.1 Å². The predicted molar refractivity (Wildman–Crippen MR) is 82.6 cm³/mol. The van der Waals surface area contributed by atoms with Crippen molar-refractivity contribution < 1.29 is 4.39 Å². The van der Waals surface area contributed by atoms with Crippen LogP contribution in [0, 0.1) is 5.82 Å². The lowest BCUT2D eigenvalue weighted by molar-refractivity contribution is 0.0174. The van der Waals surface area contributed by atoms with Crippen LogP contribution in [0.5, 0.6) is 0 Å². The number of hydrogen-bond donors (Lipinski definition) is 1. The molecule has 1 atom stereocenters. The summed E-state index contributed by atoms with van der Waals surface area (Å²) in [5, 5.41) is 3.79. The molecular weight excluding hydrogens is 275 g/mol. The van der Waals surface area contributed by atoms with Gasteiger partial charge in [0.15, 0.2) is 0 Å². The van der Waals surface area contributed by atoms with E-state index in [0.29, 0.717) is 0 Å². The molecule has 0 spiro atoms. The molecule has 1 aromatic carbocycles. The molecule has 0 radical (unpaired) electrons. The number of rotatable bonds is 3. The van der Waals surface area contributed by atoms with E-state index in [9.17, 15) is 4.39 Å².